The number of hydrogen-bond acceptors (Lipinski definition) is 2. The van der Waals surface area contributed by atoms with Gasteiger partial charge < -0.3 is 10.6 Å². The number of halogens is 5. The molecule has 0 saturated heterocycles. The summed E-state index contributed by atoms with van der Waals surface area (Å²) in [6.07, 6.45) is -2.94. The number of carbonyl (C=O) groups excluding carboxylic acids is 2. The van der Waals surface area contributed by atoms with Crippen molar-refractivity contribution in [3.8, 4) is 0 Å². The number of amides is 2. The van der Waals surface area contributed by atoms with Crippen LogP contribution >= 0.6 is 23.2 Å². The van der Waals surface area contributed by atoms with E-state index in [0.717, 1.165) is 25.0 Å². The van der Waals surface area contributed by atoms with Gasteiger partial charge in [-0.3, -0.25) is 9.59 Å². The van der Waals surface area contributed by atoms with Crippen LogP contribution in [-0.4, -0.2) is 24.2 Å². The molecule has 9 heteroatoms. The molecular weight excluding hydrogens is 380 g/mol. The van der Waals surface area contributed by atoms with Crippen LogP contribution in [0.5, 0.6) is 0 Å². The zero-order valence-electron chi connectivity index (χ0n) is 13.6. The maximum Gasteiger partial charge on any atom is 0.417 e. The molecule has 0 aliphatic rings. The van der Waals surface area contributed by atoms with E-state index in [0.29, 0.717) is 6.54 Å². The molecule has 0 bridgehead atoms. The molecule has 0 spiro atoms. The first-order valence-electron chi connectivity index (χ1n) is 7.72. The Morgan fingerprint density at radius 2 is 1.92 bits per heavy atom. The number of rotatable bonds is 8. The first-order valence-corrected chi connectivity index (χ1v) is 8.63. The summed E-state index contributed by atoms with van der Waals surface area (Å²) in [7, 11) is 0. The second kappa shape index (κ2) is 9.87. The average molecular weight is 399 g/mol. The molecule has 1 aromatic rings. The maximum absolute atomic E-state index is 12.9. The molecule has 0 heterocycles. The third kappa shape index (κ3) is 6.74. The lowest BCUT2D eigenvalue weighted by atomic mass is 10.0. The van der Waals surface area contributed by atoms with Crippen LogP contribution in [0, 0.1) is 5.92 Å². The highest BCUT2D eigenvalue weighted by Crippen LogP contribution is 2.36. The van der Waals surface area contributed by atoms with Crippen molar-refractivity contribution in [2.24, 2.45) is 5.92 Å². The summed E-state index contributed by atoms with van der Waals surface area (Å²) in [6, 6.07) is 3.01. The van der Waals surface area contributed by atoms with E-state index in [2.05, 4.69) is 10.6 Å². The van der Waals surface area contributed by atoms with Crippen molar-refractivity contribution in [2.45, 2.75) is 32.4 Å². The number of benzene rings is 1. The van der Waals surface area contributed by atoms with Crippen molar-refractivity contribution in [2.75, 3.05) is 17.7 Å². The summed E-state index contributed by atoms with van der Waals surface area (Å²) in [5, 5.41) is 4.47. The Morgan fingerprint density at radius 1 is 1.24 bits per heavy atom. The van der Waals surface area contributed by atoms with Crippen molar-refractivity contribution in [1.82, 2.24) is 5.32 Å². The molecular formula is C16H19Cl2F3N2O2. The molecule has 140 valence electrons. The van der Waals surface area contributed by atoms with Crippen molar-refractivity contribution < 1.29 is 22.8 Å². The third-order valence-electron chi connectivity index (χ3n) is 3.40. The van der Waals surface area contributed by atoms with E-state index in [9.17, 15) is 22.8 Å². The monoisotopic (exact) mass is 398 g/mol. The van der Waals surface area contributed by atoms with E-state index in [-0.39, 0.29) is 18.0 Å². The third-order valence-corrected chi connectivity index (χ3v) is 3.95. The van der Waals surface area contributed by atoms with E-state index in [4.69, 9.17) is 23.2 Å². The molecule has 2 amide bonds. The number of alkyl halides is 4. The van der Waals surface area contributed by atoms with Gasteiger partial charge in [0.05, 0.1) is 10.6 Å². The summed E-state index contributed by atoms with van der Waals surface area (Å²) in [6.45, 7) is 2.37. The van der Waals surface area contributed by atoms with Crippen LogP contribution in [0.25, 0.3) is 0 Å². The molecule has 1 aromatic carbocycles. The van der Waals surface area contributed by atoms with Gasteiger partial charge in [0, 0.05) is 18.1 Å². The highest BCUT2D eigenvalue weighted by molar-refractivity contribution is 6.31. The molecule has 25 heavy (non-hydrogen) atoms. The second-order valence-corrected chi connectivity index (χ2v) is 6.14. The van der Waals surface area contributed by atoms with Crippen LogP contribution in [0.2, 0.25) is 5.02 Å². The highest BCUT2D eigenvalue weighted by Gasteiger charge is 2.34. The van der Waals surface area contributed by atoms with Gasteiger partial charge in [0.2, 0.25) is 11.8 Å². The minimum absolute atomic E-state index is 0.0632. The Labute approximate surface area is 154 Å². The molecule has 1 unspecified atom stereocenters. The fourth-order valence-corrected chi connectivity index (χ4v) is 2.49. The normalized spacial score (nSPS) is 12.6. The van der Waals surface area contributed by atoms with Crippen LogP contribution in [0.3, 0.4) is 0 Å². The number of unbranched alkanes of at least 4 members (excludes halogenated alkanes) is 1. The van der Waals surface area contributed by atoms with Gasteiger partial charge in [-0.15, -0.1) is 11.6 Å². The van der Waals surface area contributed by atoms with Crippen molar-refractivity contribution >= 4 is 40.7 Å². The van der Waals surface area contributed by atoms with Gasteiger partial charge in [0.15, 0.2) is 0 Å². The molecule has 0 aliphatic heterocycles. The maximum atomic E-state index is 12.9. The lowest BCUT2D eigenvalue weighted by molar-refractivity contribution is -0.137. The first kappa shape index (κ1) is 21.6. The summed E-state index contributed by atoms with van der Waals surface area (Å²) in [5.41, 5.74) is -1.16. The Morgan fingerprint density at radius 3 is 2.48 bits per heavy atom. The average Bonchev–Trinajstić information content (AvgIpc) is 2.53. The van der Waals surface area contributed by atoms with Gasteiger partial charge in [0.25, 0.3) is 0 Å². The zero-order valence-corrected chi connectivity index (χ0v) is 15.1. The van der Waals surface area contributed by atoms with Crippen LogP contribution in [0.15, 0.2) is 18.2 Å². The van der Waals surface area contributed by atoms with Crippen LogP contribution in [0.4, 0.5) is 18.9 Å². The topological polar surface area (TPSA) is 58.2 Å². The number of nitrogens with one attached hydrogen (secondary N) is 2. The first-order chi connectivity index (χ1) is 11.7. The molecule has 2 N–H and O–H groups in total. The molecule has 0 aromatic heterocycles. The van der Waals surface area contributed by atoms with Gasteiger partial charge in [-0.25, -0.2) is 0 Å². The fourth-order valence-electron chi connectivity index (χ4n) is 2.05. The summed E-state index contributed by atoms with van der Waals surface area (Å²) >= 11 is 11.2. The fraction of sp³-hybridized carbons (Fsp3) is 0.500. The lowest BCUT2D eigenvalue weighted by Gasteiger charge is -2.17. The van der Waals surface area contributed by atoms with Gasteiger partial charge in [0.1, 0.15) is 5.92 Å². The molecule has 1 atom stereocenters. The van der Waals surface area contributed by atoms with E-state index in [1.807, 2.05) is 6.92 Å². The molecule has 0 fully saturated rings. The Kier molecular flexibility index (Phi) is 8.52. The van der Waals surface area contributed by atoms with E-state index >= 15 is 0 Å². The highest BCUT2D eigenvalue weighted by atomic mass is 35.5. The minimum Gasteiger partial charge on any atom is -0.355 e. The van der Waals surface area contributed by atoms with Gasteiger partial charge in [-0.05, 0) is 31.0 Å². The molecule has 0 radical (unpaired) electrons. The quantitative estimate of drug-likeness (QED) is 0.385. The number of carbonyl (C=O) groups is 2. The predicted octanol–water partition coefficient (Wildman–Crippen LogP) is 4.46. The Balaban J connectivity index is 2.88. The van der Waals surface area contributed by atoms with Gasteiger partial charge in [-0.2, -0.15) is 13.2 Å². The number of anilines is 1. The largest absolute Gasteiger partial charge is 0.417 e. The van der Waals surface area contributed by atoms with Crippen molar-refractivity contribution in [3.05, 3.63) is 28.8 Å². The zero-order chi connectivity index (χ0) is 19.0. The lowest BCUT2D eigenvalue weighted by Crippen LogP contribution is -2.39. The minimum atomic E-state index is -4.65. The summed E-state index contributed by atoms with van der Waals surface area (Å²) in [4.78, 5) is 24.4. The van der Waals surface area contributed by atoms with E-state index in [1.165, 1.54) is 6.07 Å². The SMILES string of the molecule is CCCCNC(=O)C(CCCl)C(=O)Nc1ccc(Cl)c(C(F)(F)F)c1. The molecule has 0 saturated carbocycles. The van der Waals surface area contributed by atoms with Gasteiger partial charge in [-0.1, -0.05) is 24.9 Å². The van der Waals surface area contributed by atoms with Crippen molar-refractivity contribution in [3.63, 3.8) is 0 Å². The van der Waals surface area contributed by atoms with E-state index < -0.39 is 34.5 Å². The predicted molar refractivity (Wildman–Crippen MR) is 91.8 cm³/mol. The Hall–Kier alpha value is -1.47. The van der Waals surface area contributed by atoms with Crippen LogP contribution in [-0.2, 0) is 15.8 Å². The van der Waals surface area contributed by atoms with E-state index in [1.54, 1.807) is 0 Å². The molecule has 1 rings (SSSR count). The van der Waals surface area contributed by atoms with Crippen LogP contribution in [0.1, 0.15) is 31.7 Å². The van der Waals surface area contributed by atoms with Crippen molar-refractivity contribution in [1.29, 1.82) is 0 Å². The standard InChI is InChI=1S/C16H19Cl2F3N2O2/c1-2-3-8-22-14(24)11(6-7-17)15(25)23-10-4-5-13(18)12(9-10)16(19,20)21/h4-5,9,11H,2-3,6-8H2,1H3,(H,22,24)(H,23,25). The summed E-state index contributed by atoms with van der Waals surface area (Å²) in [5.74, 6) is -2.24. The summed E-state index contributed by atoms with van der Waals surface area (Å²) < 4.78 is 38.6. The second-order valence-electron chi connectivity index (χ2n) is 5.36. The smallest absolute Gasteiger partial charge is 0.355 e. The Bertz CT molecular complexity index is 610. The van der Waals surface area contributed by atoms with Gasteiger partial charge >= 0.3 is 6.18 Å². The number of hydrogen-bond donors (Lipinski definition) is 2. The van der Waals surface area contributed by atoms with Crippen LogP contribution < -0.4 is 10.6 Å². The molecule has 4 nitrogen and oxygen atoms in total. The molecule has 0 aliphatic carbocycles.